The Hall–Kier alpha value is -1.90. The number of benzene rings is 1. The molecule has 0 spiro atoms. The van der Waals surface area contributed by atoms with Gasteiger partial charge in [-0.15, -0.1) is 0 Å². The van der Waals surface area contributed by atoms with Gasteiger partial charge in [0.2, 0.25) is 0 Å². The molecule has 1 heterocycles. The van der Waals surface area contributed by atoms with Crippen molar-refractivity contribution in [2.75, 3.05) is 11.9 Å². The molecule has 3 heteroatoms. The van der Waals surface area contributed by atoms with E-state index in [4.69, 9.17) is 0 Å². The fraction of sp³-hybridized carbons (Fsp3) is 0.375. The zero-order chi connectivity index (χ0) is 14.0. The summed E-state index contributed by atoms with van der Waals surface area (Å²) in [5, 5.41) is 3.31. The molecule has 1 aromatic heterocycles. The lowest BCUT2D eigenvalue weighted by Gasteiger charge is -2.14. The molecule has 0 atom stereocenters. The van der Waals surface area contributed by atoms with E-state index in [1.54, 1.807) is 0 Å². The molecule has 1 N–H and O–H groups in total. The molecule has 1 aromatic carbocycles. The predicted molar refractivity (Wildman–Crippen MR) is 80.6 cm³/mol. The van der Waals surface area contributed by atoms with Crippen LogP contribution in [0.3, 0.4) is 0 Å². The van der Waals surface area contributed by atoms with E-state index in [-0.39, 0.29) is 0 Å². The monoisotopic (exact) mass is 255 g/mol. The van der Waals surface area contributed by atoms with Crippen LogP contribution < -0.4 is 5.32 Å². The number of aromatic nitrogens is 2. The van der Waals surface area contributed by atoms with Crippen LogP contribution in [-0.4, -0.2) is 16.5 Å². The van der Waals surface area contributed by atoms with Crippen LogP contribution in [0, 0.1) is 27.7 Å². The smallest absolute Gasteiger partial charge is 0.133 e. The lowest BCUT2D eigenvalue weighted by Crippen LogP contribution is -2.06. The van der Waals surface area contributed by atoms with Gasteiger partial charge in [0.15, 0.2) is 0 Å². The Balaban J connectivity index is 2.61. The molecule has 0 aliphatic heterocycles. The number of aryl methyl sites for hydroxylation is 3. The number of hydrogen-bond donors (Lipinski definition) is 1. The van der Waals surface area contributed by atoms with Gasteiger partial charge >= 0.3 is 0 Å². The van der Waals surface area contributed by atoms with Crippen LogP contribution >= 0.6 is 0 Å². The molecule has 2 rings (SSSR count). The van der Waals surface area contributed by atoms with E-state index < -0.39 is 0 Å². The summed E-state index contributed by atoms with van der Waals surface area (Å²) in [6, 6.07) is 6.47. The summed E-state index contributed by atoms with van der Waals surface area (Å²) in [4.78, 5) is 9.10. The molecule has 2 aromatic rings. The molecule has 0 bridgehead atoms. The molecule has 0 unspecified atom stereocenters. The third-order valence-electron chi connectivity index (χ3n) is 3.24. The summed E-state index contributed by atoms with van der Waals surface area (Å²) in [5.74, 6) is 1.74. The summed E-state index contributed by atoms with van der Waals surface area (Å²) in [5.41, 5.74) is 5.85. The van der Waals surface area contributed by atoms with Gasteiger partial charge in [-0.05, 0) is 40.2 Å². The molecule has 0 aliphatic carbocycles. The minimum Gasteiger partial charge on any atom is -0.370 e. The first-order chi connectivity index (χ1) is 9.02. The van der Waals surface area contributed by atoms with Crippen molar-refractivity contribution in [1.82, 2.24) is 9.97 Å². The average molecular weight is 255 g/mol. The Morgan fingerprint density at radius 3 is 2.42 bits per heavy atom. The maximum atomic E-state index is 4.63. The minimum atomic E-state index is 0.802. The maximum Gasteiger partial charge on any atom is 0.133 e. The fourth-order valence-electron chi connectivity index (χ4n) is 2.31. The summed E-state index contributed by atoms with van der Waals surface area (Å²) < 4.78 is 0. The Labute approximate surface area is 115 Å². The molecular formula is C16H21N3. The van der Waals surface area contributed by atoms with E-state index in [9.17, 15) is 0 Å². The van der Waals surface area contributed by atoms with E-state index >= 15 is 0 Å². The largest absolute Gasteiger partial charge is 0.370 e. The van der Waals surface area contributed by atoms with Crippen LogP contribution in [0.15, 0.2) is 18.2 Å². The minimum absolute atomic E-state index is 0.802. The van der Waals surface area contributed by atoms with Crippen molar-refractivity contribution >= 4 is 5.82 Å². The van der Waals surface area contributed by atoms with E-state index in [2.05, 4.69) is 61.2 Å². The molecule has 0 saturated carbocycles. The van der Waals surface area contributed by atoms with Crippen LogP contribution in [-0.2, 0) is 0 Å². The molecule has 0 fully saturated rings. The van der Waals surface area contributed by atoms with Crippen LogP contribution in [0.2, 0.25) is 0 Å². The second kappa shape index (κ2) is 5.39. The molecular weight excluding hydrogens is 234 g/mol. The number of hydrogen-bond acceptors (Lipinski definition) is 3. The summed E-state index contributed by atoms with van der Waals surface area (Å²) in [6.07, 6.45) is 0. The van der Waals surface area contributed by atoms with Gasteiger partial charge in [-0.1, -0.05) is 23.8 Å². The zero-order valence-electron chi connectivity index (χ0n) is 12.3. The number of rotatable bonds is 3. The lowest BCUT2D eigenvalue weighted by molar-refractivity contribution is 1.02. The Kier molecular flexibility index (Phi) is 3.84. The molecule has 19 heavy (non-hydrogen) atoms. The molecule has 3 nitrogen and oxygen atoms in total. The number of anilines is 1. The lowest BCUT2D eigenvalue weighted by atomic mass is 10.00. The Morgan fingerprint density at radius 1 is 1.05 bits per heavy atom. The molecule has 100 valence electrons. The highest BCUT2D eigenvalue weighted by Crippen LogP contribution is 2.28. The molecule has 0 aliphatic rings. The first-order valence-corrected chi connectivity index (χ1v) is 6.69. The second-order valence-corrected chi connectivity index (χ2v) is 4.94. The van der Waals surface area contributed by atoms with Gasteiger partial charge in [0.1, 0.15) is 11.6 Å². The van der Waals surface area contributed by atoms with Gasteiger partial charge in [-0.2, -0.15) is 0 Å². The summed E-state index contributed by atoms with van der Waals surface area (Å²) in [6.45, 7) is 11.2. The third kappa shape index (κ3) is 2.75. The van der Waals surface area contributed by atoms with Crippen molar-refractivity contribution in [2.24, 2.45) is 0 Å². The highest BCUT2D eigenvalue weighted by molar-refractivity contribution is 5.71. The SMILES string of the molecule is CCNc1nc(C)nc(-c2ccc(C)cc2C)c1C. The van der Waals surface area contributed by atoms with Crippen molar-refractivity contribution < 1.29 is 0 Å². The van der Waals surface area contributed by atoms with E-state index in [0.29, 0.717) is 0 Å². The first-order valence-electron chi connectivity index (χ1n) is 6.69. The van der Waals surface area contributed by atoms with Crippen molar-refractivity contribution in [3.8, 4) is 11.3 Å². The summed E-state index contributed by atoms with van der Waals surface area (Å²) >= 11 is 0. The van der Waals surface area contributed by atoms with Gasteiger partial charge < -0.3 is 5.32 Å². The first kappa shape index (κ1) is 13.5. The fourth-order valence-corrected chi connectivity index (χ4v) is 2.31. The van der Waals surface area contributed by atoms with E-state index in [1.165, 1.54) is 16.7 Å². The van der Waals surface area contributed by atoms with Crippen LogP contribution in [0.4, 0.5) is 5.82 Å². The normalized spacial score (nSPS) is 10.6. The Morgan fingerprint density at radius 2 is 1.79 bits per heavy atom. The topological polar surface area (TPSA) is 37.8 Å². The average Bonchev–Trinajstić information content (AvgIpc) is 2.34. The second-order valence-electron chi connectivity index (χ2n) is 4.94. The Bertz CT molecular complexity index is 603. The predicted octanol–water partition coefficient (Wildman–Crippen LogP) is 3.81. The maximum absolute atomic E-state index is 4.63. The third-order valence-corrected chi connectivity index (χ3v) is 3.24. The van der Waals surface area contributed by atoms with Gasteiger partial charge in [-0.25, -0.2) is 9.97 Å². The highest BCUT2D eigenvalue weighted by atomic mass is 15.0. The molecule has 0 radical (unpaired) electrons. The van der Waals surface area contributed by atoms with Crippen molar-refractivity contribution in [3.63, 3.8) is 0 Å². The van der Waals surface area contributed by atoms with Gasteiger partial charge in [0.05, 0.1) is 5.69 Å². The van der Waals surface area contributed by atoms with Crippen molar-refractivity contribution in [3.05, 3.63) is 40.7 Å². The molecule has 0 amide bonds. The van der Waals surface area contributed by atoms with Gasteiger partial charge in [0, 0.05) is 17.7 Å². The van der Waals surface area contributed by atoms with Crippen molar-refractivity contribution in [2.45, 2.75) is 34.6 Å². The van der Waals surface area contributed by atoms with Crippen LogP contribution in [0.1, 0.15) is 29.4 Å². The van der Waals surface area contributed by atoms with Crippen LogP contribution in [0.25, 0.3) is 11.3 Å². The van der Waals surface area contributed by atoms with Gasteiger partial charge in [-0.3, -0.25) is 0 Å². The van der Waals surface area contributed by atoms with Gasteiger partial charge in [0.25, 0.3) is 0 Å². The van der Waals surface area contributed by atoms with E-state index in [0.717, 1.165) is 29.4 Å². The highest BCUT2D eigenvalue weighted by Gasteiger charge is 2.12. The number of nitrogens with zero attached hydrogens (tertiary/aromatic N) is 2. The number of nitrogens with one attached hydrogen (secondary N) is 1. The molecule has 0 saturated heterocycles. The quantitative estimate of drug-likeness (QED) is 0.906. The van der Waals surface area contributed by atoms with E-state index in [1.807, 2.05) is 6.92 Å². The zero-order valence-corrected chi connectivity index (χ0v) is 12.3. The van der Waals surface area contributed by atoms with Crippen LogP contribution in [0.5, 0.6) is 0 Å². The summed E-state index contributed by atoms with van der Waals surface area (Å²) in [7, 11) is 0. The standard InChI is InChI=1S/C16H21N3/c1-6-17-16-12(4)15(18-13(5)19-16)14-8-7-10(2)9-11(14)3/h7-9H,6H2,1-5H3,(H,17,18,19). The van der Waals surface area contributed by atoms with Crippen molar-refractivity contribution in [1.29, 1.82) is 0 Å².